The lowest BCUT2D eigenvalue weighted by Crippen LogP contribution is -2.29. The Labute approximate surface area is 127 Å². The van der Waals surface area contributed by atoms with Crippen molar-refractivity contribution in [2.24, 2.45) is 0 Å². The third-order valence-electron chi connectivity index (χ3n) is 4.33. The fourth-order valence-corrected chi connectivity index (χ4v) is 3.05. The molecule has 1 aromatic carbocycles. The van der Waals surface area contributed by atoms with E-state index in [0.717, 1.165) is 13.1 Å². The molecule has 0 bridgehead atoms. The third kappa shape index (κ3) is 3.41. The molecule has 1 aromatic heterocycles. The summed E-state index contributed by atoms with van der Waals surface area (Å²) in [5.41, 5.74) is 3.88. The summed E-state index contributed by atoms with van der Waals surface area (Å²) in [6.07, 6.45) is 6.17. The van der Waals surface area contributed by atoms with E-state index in [4.69, 9.17) is 0 Å². The quantitative estimate of drug-likeness (QED) is 0.891. The summed E-state index contributed by atoms with van der Waals surface area (Å²) >= 11 is 0. The SMILES string of the molecule is CCn1cccc1CNc1ccc(N2CCCCC2)cc1. The second kappa shape index (κ2) is 6.70. The molecule has 0 amide bonds. The summed E-state index contributed by atoms with van der Waals surface area (Å²) in [7, 11) is 0. The largest absolute Gasteiger partial charge is 0.379 e. The number of nitrogens with one attached hydrogen (secondary N) is 1. The summed E-state index contributed by atoms with van der Waals surface area (Å²) in [4.78, 5) is 2.50. The second-order valence-electron chi connectivity index (χ2n) is 5.73. The summed E-state index contributed by atoms with van der Waals surface area (Å²) in [6, 6.07) is 13.2. The maximum absolute atomic E-state index is 3.51. The lowest BCUT2D eigenvalue weighted by atomic mass is 10.1. The molecule has 3 nitrogen and oxygen atoms in total. The number of aromatic nitrogens is 1. The highest BCUT2D eigenvalue weighted by atomic mass is 15.1. The van der Waals surface area contributed by atoms with Crippen molar-refractivity contribution in [1.82, 2.24) is 4.57 Å². The molecule has 3 rings (SSSR count). The molecular formula is C18H25N3. The first-order chi connectivity index (χ1) is 10.4. The van der Waals surface area contributed by atoms with Crippen LogP contribution >= 0.6 is 0 Å². The van der Waals surface area contributed by atoms with E-state index in [-0.39, 0.29) is 0 Å². The van der Waals surface area contributed by atoms with E-state index < -0.39 is 0 Å². The topological polar surface area (TPSA) is 20.2 Å². The van der Waals surface area contributed by atoms with Crippen molar-refractivity contribution in [3.8, 4) is 0 Å². The van der Waals surface area contributed by atoms with Crippen LogP contribution in [-0.4, -0.2) is 17.7 Å². The minimum atomic E-state index is 0.879. The van der Waals surface area contributed by atoms with E-state index >= 15 is 0 Å². The molecule has 1 fully saturated rings. The Morgan fingerprint density at radius 1 is 1.00 bits per heavy atom. The average Bonchev–Trinajstić information content (AvgIpc) is 3.02. The van der Waals surface area contributed by atoms with Crippen molar-refractivity contribution >= 4 is 11.4 Å². The van der Waals surface area contributed by atoms with Gasteiger partial charge in [-0.15, -0.1) is 0 Å². The number of rotatable bonds is 5. The molecular weight excluding hydrogens is 258 g/mol. The first kappa shape index (κ1) is 14.1. The number of benzene rings is 1. The summed E-state index contributed by atoms with van der Waals surface area (Å²) in [6.45, 7) is 6.49. The maximum atomic E-state index is 3.51. The molecule has 0 atom stereocenters. The molecule has 112 valence electrons. The molecule has 1 aliphatic heterocycles. The lowest BCUT2D eigenvalue weighted by Gasteiger charge is -2.28. The van der Waals surface area contributed by atoms with Crippen molar-refractivity contribution in [1.29, 1.82) is 0 Å². The number of hydrogen-bond donors (Lipinski definition) is 1. The summed E-state index contributed by atoms with van der Waals surface area (Å²) in [5, 5.41) is 3.51. The fourth-order valence-electron chi connectivity index (χ4n) is 3.05. The van der Waals surface area contributed by atoms with Gasteiger partial charge in [0.05, 0.1) is 6.54 Å². The Hall–Kier alpha value is -1.90. The van der Waals surface area contributed by atoms with Gasteiger partial charge in [0.1, 0.15) is 0 Å². The van der Waals surface area contributed by atoms with Crippen molar-refractivity contribution in [2.45, 2.75) is 39.3 Å². The highest BCUT2D eigenvalue weighted by Gasteiger charge is 2.10. The smallest absolute Gasteiger partial charge is 0.0553 e. The minimum absolute atomic E-state index is 0.879. The molecule has 0 spiro atoms. The Balaban J connectivity index is 1.59. The van der Waals surface area contributed by atoms with Crippen LogP contribution in [-0.2, 0) is 13.1 Å². The van der Waals surface area contributed by atoms with Gasteiger partial charge in [0.2, 0.25) is 0 Å². The standard InChI is InChI=1S/C18H25N3/c1-2-20-14-6-7-18(20)15-19-16-8-10-17(11-9-16)21-12-4-3-5-13-21/h6-11,14,19H,2-5,12-13,15H2,1H3. The van der Waals surface area contributed by atoms with Gasteiger partial charge in [0, 0.05) is 42.9 Å². The monoisotopic (exact) mass is 283 g/mol. The van der Waals surface area contributed by atoms with Crippen LogP contribution < -0.4 is 10.2 Å². The molecule has 21 heavy (non-hydrogen) atoms. The van der Waals surface area contributed by atoms with Gasteiger partial charge in [-0.05, 0) is 62.6 Å². The summed E-state index contributed by atoms with van der Waals surface area (Å²) in [5.74, 6) is 0. The highest BCUT2D eigenvalue weighted by Crippen LogP contribution is 2.22. The van der Waals surface area contributed by atoms with Crippen LogP contribution in [0.25, 0.3) is 0 Å². The fraction of sp³-hybridized carbons (Fsp3) is 0.444. The molecule has 1 aliphatic rings. The maximum Gasteiger partial charge on any atom is 0.0553 e. The van der Waals surface area contributed by atoms with Gasteiger partial charge < -0.3 is 14.8 Å². The summed E-state index contributed by atoms with van der Waals surface area (Å²) < 4.78 is 2.27. The third-order valence-corrected chi connectivity index (χ3v) is 4.33. The number of hydrogen-bond acceptors (Lipinski definition) is 2. The van der Waals surface area contributed by atoms with Crippen molar-refractivity contribution in [2.75, 3.05) is 23.3 Å². The van der Waals surface area contributed by atoms with E-state index in [1.54, 1.807) is 0 Å². The molecule has 0 radical (unpaired) electrons. The molecule has 0 saturated carbocycles. The van der Waals surface area contributed by atoms with Gasteiger partial charge in [-0.3, -0.25) is 0 Å². The normalized spacial score (nSPS) is 15.2. The van der Waals surface area contributed by atoms with E-state index in [0.29, 0.717) is 0 Å². The Bertz CT molecular complexity index is 550. The lowest BCUT2D eigenvalue weighted by molar-refractivity contribution is 0.578. The van der Waals surface area contributed by atoms with Crippen molar-refractivity contribution in [3.05, 3.63) is 48.3 Å². The van der Waals surface area contributed by atoms with Crippen LogP contribution in [0.1, 0.15) is 31.9 Å². The van der Waals surface area contributed by atoms with Crippen LogP contribution in [0.2, 0.25) is 0 Å². The van der Waals surface area contributed by atoms with Gasteiger partial charge in [-0.25, -0.2) is 0 Å². The number of piperidine rings is 1. The van der Waals surface area contributed by atoms with Crippen LogP contribution in [0.5, 0.6) is 0 Å². The van der Waals surface area contributed by atoms with Crippen molar-refractivity contribution < 1.29 is 0 Å². The highest BCUT2D eigenvalue weighted by molar-refractivity contribution is 5.55. The van der Waals surface area contributed by atoms with E-state index in [9.17, 15) is 0 Å². The average molecular weight is 283 g/mol. The van der Waals surface area contributed by atoms with Crippen LogP contribution in [0.3, 0.4) is 0 Å². The molecule has 0 unspecified atom stereocenters. The molecule has 1 saturated heterocycles. The Morgan fingerprint density at radius 3 is 2.48 bits per heavy atom. The predicted octanol–water partition coefficient (Wildman–Crippen LogP) is 4.11. The van der Waals surface area contributed by atoms with E-state index in [1.807, 2.05) is 0 Å². The zero-order chi connectivity index (χ0) is 14.5. The first-order valence-corrected chi connectivity index (χ1v) is 8.10. The zero-order valence-electron chi connectivity index (χ0n) is 12.9. The van der Waals surface area contributed by atoms with Crippen LogP contribution in [0.15, 0.2) is 42.6 Å². The van der Waals surface area contributed by atoms with E-state index in [1.165, 1.54) is 49.4 Å². The number of anilines is 2. The number of aryl methyl sites for hydroxylation is 1. The molecule has 3 heteroatoms. The molecule has 2 aromatic rings. The van der Waals surface area contributed by atoms with E-state index in [2.05, 4.69) is 64.3 Å². The molecule has 0 aliphatic carbocycles. The Kier molecular flexibility index (Phi) is 4.49. The molecule has 2 heterocycles. The van der Waals surface area contributed by atoms with Crippen LogP contribution in [0.4, 0.5) is 11.4 Å². The predicted molar refractivity (Wildman–Crippen MR) is 89.9 cm³/mol. The van der Waals surface area contributed by atoms with Crippen molar-refractivity contribution in [3.63, 3.8) is 0 Å². The van der Waals surface area contributed by atoms with Gasteiger partial charge in [0.25, 0.3) is 0 Å². The first-order valence-electron chi connectivity index (χ1n) is 8.10. The number of nitrogens with zero attached hydrogens (tertiary/aromatic N) is 2. The molecule has 1 N–H and O–H groups in total. The Morgan fingerprint density at radius 2 is 1.76 bits per heavy atom. The van der Waals surface area contributed by atoms with Gasteiger partial charge in [0.15, 0.2) is 0 Å². The van der Waals surface area contributed by atoms with Gasteiger partial charge in [-0.1, -0.05) is 0 Å². The zero-order valence-corrected chi connectivity index (χ0v) is 12.9. The minimum Gasteiger partial charge on any atom is -0.379 e. The van der Waals surface area contributed by atoms with Gasteiger partial charge >= 0.3 is 0 Å². The second-order valence-corrected chi connectivity index (χ2v) is 5.73. The van der Waals surface area contributed by atoms with Crippen LogP contribution in [0, 0.1) is 0 Å². The van der Waals surface area contributed by atoms with Gasteiger partial charge in [-0.2, -0.15) is 0 Å².